The minimum atomic E-state index is -0.701. The highest BCUT2D eigenvalue weighted by Gasteiger charge is 2.12. The molecule has 0 saturated carbocycles. The van der Waals surface area contributed by atoms with Crippen LogP contribution in [0.2, 0.25) is 0 Å². The van der Waals surface area contributed by atoms with Crippen molar-refractivity contribution in [1.29, 1.82) is 0 Å². The first-order valence-electron chi connectivity index (χ1n) is 6.17. The van der Waals surface area contributed by atoms with Crippen molar-refractivity contribution in [3.63, 3.8) is 0 Å². The van der Waals surface area contributed by atoms with Crippen LogP contribution in [0.25, 0.3) is 0 Å². The average Bonchev–Trinajstić information content (AvgIpc) is 2.38. The Balaban J connectivity index is 2.80. The summed E-state index contributed by atoms with van der Waals surface area (Å²) in [5, 5.41) is 27.6. The summed E-state index contributed by atoms with van der Waals surface area (Å²) >= 11 is 0. The van der Waals surface area contributed by atoms with Gasteiger partial charge in [-0.1, -0.05) is 19.9 Å². The Labute approximate surface area is 112 Å². The molecule has 1 aromatic carbocycles. The lowest BCUT2D eigenvalue weighted by atomic mass is 10.1. The lowest BCUT2D eigenvalue weighted by Crippen LogP contribution is -2.28. The molecule has 0 heterocycles. The number of benzene rings is 1. The number of phenols is 1. The number of aromatic hydroxyl groups is 1. The normalized spacial score (nSPS) is 12.3. The number of phenolic OH excluding ortho intramolecular Hbond substituents is 1. The van der Waals surface area contributed by atoms with Gasteiger partial charge in [0.25, 0.3) is 0 Å². The number of hydrogen-bond acceptors (Lipinski definition) is 4. The van der Waals surface area contributed by atoms with Crippen molar-refractivity contribution in [3.05, 3.63) is 23.8 Å². The van der Waals surface area contributed by atoms with Crippen molar-refractivity contribution in [2.45, 2.75) is 26.0 Å². The van der Waals surface area contributed by atoms with Gasteiger partial charge in [-0.25, -0.2) is 4.79 Å². The minimum Gasteiger partial charge on any atom is -0.506 e. The van der Waals surface area contributed by atoms with E-state index in [1.807, 2.05) is 13.8 Å². The molecule has 0 saturated heterocycles. The van der Waals surface area contributed by atoms with Crippen LogP contribution in [0.3, 0.4) is 0 Å². The molecule has 1 rings (SSSR count). The van der Waals surface area contributed by atoms with Crippen molar-refractivity contribution in [1.82, 2.24) is 10.6 Å². The van der Waals surface area contributed by atoms with E-state index in [9.17, 15) is 15.0 Å². The number of amides is 2. The molecule has 6 nitrogen and oxygen atoms in total. The molecule has 1 unspecified atom stereocenters. The average molecular weight is 267 g/mol. The number of aliphatic hydroxyl groups excluding tert-OH is 1. The number of urea groups is 1. The third kappa shape index (κ3) is 4.76. The van der Waals surface area contributed by atoms with E-state index in [0.717, 1.165) is 0 Å². The summed E-state index contributed by atoms with van der Waals surface area (Å²) < 4.78 is 0. The Morgan fingerprint density at radius 1 is 1.37 bits per heavy atom. The number of carbonyl (C=O) groups excluding carboxylic acids is 1. The molecule has 0 aliphatic heterocycles. The Morgan fingerprint density at radius 2 is 2.05 bits per heavy atom. The first kappa shape index (κ1) is 15.3. The van der Waals surface area contributed by atoms with Gasteiger partial charge in [-0.2, -0.15) is 0 Å². The summed E-state index contributed by atoms with van der Waals surface area (Å²) in [7, 11) is 1.48. The van der Waals surface area contributed by atoms with E-state index in [1.54, 1.807) is 12.1 Å². The first-order valence-corrected chi connectivity index (χ1v) is 6.17. The largest absolute Gasteiger partial charge is 0.506 e. The summed E-state index contributed by atoms with van der Waals surface area (Å²) in [6.07, 6.45) is -0.701. The zero-order valence-corrected chi connectivity index (χ0v) is 11.4. The van der Waals surface area contributed by atoms with E-state index in [-0.39, 0.29) is 17.5 Å². The van der Waals surface area contributed by atoms with Crippen LogP contribution in [0, 0.1) is 0 Å². The number of nitrogens with one attached hydrogen (secondary N) is 3. The molecule has 1 aromatic rings. The molecule has 0 bridgehead atoms. The quantitative estimate of drug-likeness (QED) is 0.518. The first-order chi connectivity index (χ1) is 8.93. The molecule has 0 aromatic heterocycles. The Morgan fingerprint density at radius 3 is 2.63 bits per heavy atom. The molecular formula is C13H21N3O3. The Kier molecular flexibility index (Phi) is 5.59. The summed E-state index contributed by atoms with van der Waals surface area (Å²) in [6.45, 7) is 4.38. The maximum Gasteiger partial charge on any atom is 0.319 e. The van der Waals surface area contributed by atoms with Crippen LogP contribution in [-0.4, -0.2) is 35.9 Å². The molecule has 0 spiro atoms. The van der Waals surface area contributed by atoms with Crippen molar-refractivity contribution in [3.8, 4) is 5.75 Å². The van der Waals surface area contributed by atoms with E-state index in [1.165, 1.54) is 13.1 Å². The van der Waals surface area contributed by atoms with Gasteiger partial charge in [-0.3, -0.25) is 0 Å². The minimum absolute atomic E-state index is 0.0450. The molecule has 2 amide bonds. The van der Waals surface area contributed by atoms with Crippen molar-refractivity contribution < 1.29 is 15.0 Å². The van der Waals surface area contributed by atoms with Gasteiger partial charge in [0.1, 0.15) is 5.75 Å². The maximum absolute atomic E-state index is 11.2. The summed E-state index contributed by atoms with van der Waals surface area (Å²) in [5.41, 5.74) is 0.887. The van der Waals surface area contributed by atoms with Gasteiger partial charge < -0.3 is 26.2 Å². The van der Waals surface area contributed by atoms with Crippen LogP contribution in [0.15, 0.2) is 18.2 Å². The van der Waals surface area contributed by atoms with Gasteiger partial charge >= 0.3 is 6.03 Å². The summed E-state index contributed by atoms with van der Waals surface area (Å²) in [4.78, 5) is 11.2. The topological polar surface area (TPSA) is 93.6 Å². The third-order valence-corrected chi connectivity index (χ3v) is 2.60. The zero-order valence-electron chi connectivity index (χ0n) is 11.4. The second-order valence-corrected chi connectivity index (χ2v) is 4.56. The van der Waals surface area contributed by atoms with E-state index in [2.05, 4.69) is 16.0 Å². The van der Waals surface area contributed by atoms with Gasteiger partial charge in [-0.05, 0) is 17.7 Å². The fourth-order valence-corrected chi connectivity index (χ4v) is 1.51. The lowest BCUT2D eigenvalue weighted by Gasteiger charge is -2.16. The molecule has 5 N–H and O–H groups in total. The second kappa shape index (κ2) is 6.96. The highest BCUT2D eigenvalue weighted by molar-refractivity contribution is 5.90. The predicted octanol–water partition coefficient (Wildman–Crippen LogP) is 1.17. The lowest BCUT2D eigenvalue weighted by molar-refractivity contribution is 0.171. The zero-order chi connectivity index (χ0) is 14.4. The number of rotatable bonds is 5. The summed E-state index contributed by atoms with van der Waals surface area (Å²) in [6, 6.07) is 4.46. The molecule has 0 radical (unpaired) electrons. The van der Waals surface area contributed by atoms with Crippen LogP contribution >= 0.6 is 0 Å². The molecule has 0 aliphatic carbocycles. The monoisotopic (exact) mass is 267 g/mol. The van der Waals surface area contributed by atoms with Crippen LogP contribution in [0.4, 0.5) is 10.5 Å². The molecule has 1 atom stereocenters. The maximum atomic E-state index is 11.2. The SMILES string of the molecule is CNC(=O)Nc1cc(C(O)CNC(C)C)ccc1O. The fraction of sp³-hybridized carbons (Fsp3) is 0.462. The highest BCUT2D eigenvalue weighted by Crippen LogP contribution is 2.26. The molecular weight excluding hydrogens is 246 g/mol. The fourth-order valence-electron chi connectivity index (χ4n) is 1.51. The second-order valence-electron chi connectivity index (χ2n) is 4.56. The standard InChI is InChI=1S/C13H21N3O3/c1-8(2)15-7-12(18)9-4-5-11(17)10(6-9)16-13(19)14-3/h4-6,8,12,15,17-18H,7H2,1-3H3,(H2,14,16,19). The molecule has 106 valence electrons. The van der Waals surface area contributed by atoms with E-state index >= 15 is 0 Å². The van der Waals surface area contributed by atoms with Crippen molar-refractivity contribution in [2.24, 2.45) is 0 Å². The number of anilines is 1. The number of aliphatic hydroxyl groups is 1. The van der Waals surface area contributed by atoms with E-state index in [4.69, 9.17) is 0 Å². The van der Waals surface area contributed by atoms with E-state index in [0.29, 0.717) is 12.1 Å². The van der Waals surface area contributed by atoms with Gasteiger partial charge in [0, 0.05) is 19.6 Å². The van der Waals surface area contributed by atoms with Crippen molar-refractivity contribution in [2.75, 3.05) is 18.9 Å². The number of carbonyl (C=O) groups is 1. The Hall–Kier alpha value is -1.79. The molecule has 0 aliphatic rings. The highest BCUT2D eigenvalue weighted by atomic mass is 16.3. The smallest absolute Gasteiger partial charge is 0.319 e. The van der Waals surface area contributed by atoms with E-state index < -0.39 is 12.1 Å². The van der Waals surface area contributed by atoms with Crippen LogP contribution in [0.1, 0.15) is 25.5 Å². The predicted molar refractivity (Wildman–Crippen MR) is 74.3 cm³/mol. The van der Waals surface area contributed by atoms with Gasteiger partial charge in [0.05, 0.1) is 11.8 Å². The van der Waals surface area contributed by atoms with Crippen LogP contribution in [-0.2, 0) is 0 Å². The van der Waals surface area contributed by atoms with Crippen LogP contribution in [0.5, 0.6) is 5.75 Å². The van der Waals surface area contributed by atoms with Gasteiger partial charge in [-0.15, -0.1) is 0 Å². The summed E-state index contributed by atoms with van der Waals surface area (Å²) in [5.74, 6) is -0.0450. The van der Waals surface area contributed by atoms with Crippen LogP contribution < -0.4 is 16.0 Å². The Bertz CT molecular complexity index is 435. The molecule has 6 heteroatoms. The molecule has 19 heavy (non-hydrogen) atoms. The molecule has 0 fully saturated rings. The van der Waals surface area contributed by atoms with Gasteiger partial charge in [0.15, 0.2) is 0 Å². The van der Waals surface area contributed by atoms with Crippen molar-refractivity contribution >= 4 is 11.7 Å². The van der Waals surface area contributed by atoms with Gasteiger partial charge in [0.2, 0.25) is 0 Å². The number of hydrogen-bond donors (Lipinski definition) is 5. The third-order valence-electron chi connectivity index (χ3n) is 2.60.